The number of hydrogen-bond acceptors (Lipinski definition) is 5. The summed E-state index contributed by atoms with van der Waals surface area (Å²) < 4.78 is 21.8. The minimum Gasteiger partial charge on any atom is -0.460 e. The number of rotatable bonds is 2. The maximum absolute atomic E-state index is 14.7. The van der Waals surface area contributed by atoms with E-state index >= 15 is 0 Å². The van der Waals surface area contributed by atoms with Crippen LogP contribution in [0.1, 0.15) is 65.1 Å². The zero-order valence-corrected chi connectivity index (χ0v) is 18.3. The van der Waals surface area contributed by atoms with E-state index < -0.39 is 5.92 Å². The van der Waals surface area contributed by atoms with Crippen molar-refractivity contribution in [3.8, 4) is 11.4 Å². The van der Waals surface area contributed by atoms with Crippen LogP contribution in [0, 0.1) is 12.7 Å². The number of benzene rings is 1. The van der Waals surface area contributed by atoms with Crippen LogP contribution in [0.25, 0.3) is 22.3 Å². The number of pyridine rings is 2. The number of aromatic nitrogens is 2. The van der Waals surface area contributed by atoms with E-state index in [1.54, 1.807) is 4.57 Å². The van der Waals surface area contributed by atoms with Crippen LogP contribution in [-0.2, 0) is 29.1 Å². The molecule has 164 valence electrons. The van der Waals surface area contributed by atoms with Gasteiger partial charge in [-0.15, -0.1) is 0 Å². The van der Waals surface area contributed by atoms with Gasteiger partial charge in [0, 0.05) is 23.1 Å². The summed E-state index contributed by atoms with van der Waals surface area (Å²) in [7, 11) is 1.94. The number of aryl methyl sites for hydroxylation is 1. The van der Waals surface area contributed by atoms with Crippen molar-refractivity contribution in [1.29, 1.82) is 0 Å². The number of halogens is 1. The minimum absolute atomic E-state index is 0.0100. The number of ether oxygens (including phenoxy) is 1. The largest absolute Gasteiger partial charge is 0.460 e. The molecule has 7 heteroatoms. The van der Waals surface area contributed by atoms with Crippen molar-refractivity contribution in [1.82, 2.24) is 14.9 Å². The molecule has 2 aromatic heterocycles. The average Bonchev–Trinajstić information content (AvgIpc) is 3.16. The van der Waals surface area contributed by atoms with Crippen LogP contribution in [0.2, 0.25) is 0 Å². The second-order valence-electron chi connectivity index (χ2n) is 9.01. The third-order valence-electron chi connectivity index (χ3n) is 7.55. The number of carbonyl (C=O) groups excluding carboxylic acids is 1. The van der Waals surface area contributed by atoms with Gasteiger partial charge in [-0.1, -0.05) is 6.92 Å². The maximum atomic E-state index is 14.7. The molecule has 6 rings (SSSR count). The monoisotopic (exact) mass is 433 g/mol. The van der Waals surface area contributed by atoms with E-state index in [0.717, 1.165) is 46.2 Å². The molecule has 3 aromatic rings. The molecular formula is C25H24FN3O3. The first-order valence-electron chi connectivity index (χ1n) is 11.2. The normalized spacial score (nSPS) is 20.7. The smallest absolute Gasteiger partial charge is 0.313 e. The predicted molar refractivity (Wildman–Crippen MR) is 118 cm³/mol. The van der Waals surface area contributed by atoms with Crippen LogP contribution in [-0.4, -0.2) is 22.6 Å². The van der Waals surface area contributed by atoms with Crippen LogP contribution >= 0.6 is 0 Å². The third-order valence-corrected chi connectivity index (χ3v) is 7.55. The van der Waals surface area contributed by atoms with Crippen LogP contribution in [0.5, 0.6) is 0 Å². The Balaban J connectivity index is 1.69. The molecule has 2 aliphatic heterocycles. The first-order chi connectivity index (χ1) is 15.4. The van der Waals surface area contributed by atoms with Crippen LogP contribution in [0.3, 0.4) is 0 Å². The van der Waals surface area contributed by atoms with Crippen LogP contribution in [0.15, 0.2) is 16.9 Å². The van der Waals surface area contributed by atoms with Gasteiger partial charge in [0.25, 0.3) is 5.56 Å². The van der Waals surface area contributed by atoms with Gasteiger partial charge in [-0.2, -0.15) is 0 Å². The Morgan fingerprint density at radius 1 is 1.25 bits per heavy atom. The van der Waals surface area contributed by atoms with Crippen molar-refractivity contribution < 1.29 is 13.9 Å². The van der Waals surface area contributed by atoms with E-state index in [-0.39, 0.29) is 30.0 Å². The van der Waals surface area contributed by atoms with Crippen molar-refractivity contribution in [3.63, 3.8) is 0 Å². The molecule has 0 bridgehead atoms. The van der Waals surface area contributed by atoms with E-state index in [2.05, 4.69) is 5.32 Å². The van der Waals surface area contributed by atoms with Gasteiger partial charge in [0.1, 0.15) is 12.4 Å². The first kappa shape index (κ1) is 19.6. The Kier molecular flexibility index (Phi) is 4.12. The van der Waals surface area contributed by atoms with E-state index in [4.69, 9.17) is 9.72 Å². The summed E-state index contributed by atoms with van der Waals surface area (Å²) in [6, 6.07) is 3.56. The Morgan fingerprint density at radius 2 is 2.06 bits per heavy atom. The molecule has 4 heterocycles. The molecule has 6 nitrogen and oxygen atoms in total. The third kappa shape index (κ3) is 2.40. The number of nitrogens with zero attached hydrogens (tertiary/aromatic N) is 2. The number of hydrogen-bond donors (Lipinski definition) is 1. The summed E-state index contributed by atoms with van der Waals surface area (Å²) in [6.07, 6.45) is 2.22. The highest BCUT2D eigenvalue weighted by Gasteiger charge is 2.37. The summed E-state index contributed by atoms with van der Waals surface area (Å²) >= 11 is 0. The topological polar surface area (TPSA) is 73.2 Å². The SMILES string of the molecule is CCC1C(=O)OCc2c1cc1n(c2=O)Cc2c-1nc1cc(F)c(C)c3c1c2[C@@H](NC)CC3. The van der Waals surface area contributed by atoms with Crippen molar-refractivity contribution in [2.75, 3.05) is 7.05 Å². The van der Waals surface area contributed by atoms with E-state index in [1.807, 2.05) is 27.0 Å². The van der Waals surface area contributed by atoms with E-state index in [0.29, 0.717) is 35.3 Å². The summed E-state index contributed by atoms with van der Waals surface area (Å²) in [5.74, 6) is -0.984. The van der Waals surface area contributed by atoms with Crippen LogP contribution in [0.4, 0.5) is 4.39 Å². The van der Waals surface area contributed by atoms with Gasteiger partial charge in [-0.3, -0.25) is 9.59 Å². The predicted octanol–water partition coefficient (Wildman–Crippen LogP) is 3.63. The lowest BCUT2D eigenvalue weighted by atomic mass is 9.82. The Bertz CT molecular complexity index is 1410. The minimum atomic E-state index is -0.447. The van der Waals surface area contributed by atoms with Gasteiger partial charge in [-0.25, -0.2) is 9.37 Å². The summed E-state index contributed by atoms with van der Waals surface area (Å²) in [4.78, 5) is 30.7. The Morgan fingerprint density at radius 3 is 2.81 bits per heavy atom. The number of cyclic esters (lactones) is 1. The van der Waals surface area contributed by atoms with Crippen molar-refractivity contribution >= 4 is 16.9 Å². The molecule has 0 saturated carbocycles. The van der Waals surface area contributed by atoms with Crippen molar-refractivity contribution in [2.24, 2.45) is 0 Å². The summed E-state index contributed by atoms with van der Waals surface area (Å²) in [5.41, 5.74) is 7.06. The molecule has 3 aliphatic rings. The second kappa shape index (κ2) is 6.72. The number of esters is 1. The lowest BCUT2D eigenvalue weighted by Crippen LogP contribution is -2.32. The lowest BCUT2D eigenvalue weighted by Gasteiger charge is -2.28. The van der Waals surface area contributed by atoms with Crippen LogP contribution < -0.4 is 10.9 Å². The fraction of sp³-hybridized carbons (Fsp3) is 0.400. The quantitative estimate of drug-likeness (QED) is 0.489. The molecule has 0 radical (unpaired) electrons. The molecular weight excluding hydrogens is 409 g/mol. The molecule has 0 saturated heterocycles. The average molecular weight is 433 g/mol. The number of carbonyl (C=O) groups is 1. The van der Waals surface area contributed by atoms with Gasteiger partial charge in [0.2, 0.25) is 0 Å². The van der Waals surface area contributed by atoms with Gasteiger partial charge in [0.15, 0.2) is 0 Å². The van der Waals surface area contributed by atoms with Gasteiger partial charge >= 0.3 is 5.97 Å². The lowest BCUT2D eigenvalue weighted by molar-refractivity contribution is -0.148. The zero-order valence-electron chi connectivity index (χ0n) is 18.3. The standard InChI is InChI=1S/C25H24FN3O3/c1-4-12-14-7-20-23-15(9-29(20)24(30)16(14)10-32-25(12)31)22-18(27-3)6-5-13-11(2)17(26)8-19(28-23)21(13)22/h7-8,12,18,27H,4-6,9-10H2,1-3H3/t12?,18-/m0/s1. The molecule has 1 N–H and O–H groups in total. The highest BCUT2D eigenvalue weighted by molar-refractivity contribution is 5.93. The molecule has 1 unspecified atom stereocenters. The van der Waals surface area contributed by atoms with Gasteiger partial charge in [0.05, 0.1) is 34.9 Å². The second-order valence-corrected chi connectivity index (χ2v) is 9.01. The molecule has 0 spiro atoms. The molecule has 32 heavy (non-hydrogen) atoms. The van der Waals surface area contributed by atoms with Crippen molar-refractivity contribution in [3.05, 3.63) is 61.7 Å². The zero-order chi connectivity index (χ0) is 22.3. The Labute approximate surface area is 184 Å². The van der Waals surface area contributed by atoms with E-state index in [1.165, 1.54) is 6.07 Å². The first-order valence-corrected chi connectivity index (χ1v) is 11.2. The summed E-state index contributed by atoms with van der Waals surface area (Å²) in [5, 5.41) is 4.43. The number of nitrogens with one attached hydrogen (secondary N) is 1. The Hall–Kier alpha value is -3.06. The molecule has 1 aliphatic carbocycles. The van der Waals surface area contributed by atoms with Gasteiger partial charge in [-0.05, 0) is 61.6 Å². The van der Waals surface area contributed by atoms with E-state index in [9.17, 15) is 14.0 Å². The maximum Gasteiger partial charge on any atom is 0.313 e. The molecule has 2 atom stereocenters. The summed E-state index contributed by atoms with van der Waals surface area (Å²) in [6.45, 7) is 4.18. The molecule has 0 amide bonds. The molecule has 1 aromatic carbocycles. The fourth-order valence-electron chi connectivity index (χ4n) is 5.87. The number of fused-ring (bicyclic) bond motifs is 5. The highest BCUT2D eigenvalue weighted by atomic mass is 19.1. The fourth-order valence-corrected chi connectivity index (χ4v) is 5.87. The highest BCUT2D eigenvalue weighted by Crippen LogP contribution is 2.45. The van der Waals surface area contributed by atoms with Gasteiger partial charge < -0.3 is 14.6 Å². The van der Waals surface area contributed by atoms with Crippen molar-refractivity contribution in [2.45, 2.75) is 58.2 Å². The molecule has 0 fully saturated rings.